The molecule has 2 aromatic rings. The summed E-state index contributed by atoms with van der Waals surface area (Å²) < 4.78 is 7.77. The Morgan fingerprint density at radius 3 is 3.00 bits per heavy atom. The van der Waals surface area contributed by atoms with E-state index in [9.17, 15) is 0 Å². The summed E-state index contributed by atoms with van der Waals surface area (Å²) >= 11 is 0. The second-order valence-corrected chi connectivity index (χ2v) is 6.26. The van der Waals surface area contributed by atoms with Crippen LogP contribution in [0.2, 0.25) is 0 Å². The van der Waals surface area contributed by atoms with E-state index in [-0.39, 0.29) is 0 Å². The fraction of sp³-hybridized carbons (Fsp3) is 0.625. The number of hydrogen-bond donors (Lipinski definition) is 0. The predicted molar refractivity (Wildman–Crippen MR) is 85.7 cm³/mol. The second-order valence-electron chi connectivity index (χ2n) is 6.26. The Hall–Kier alpha value is -2.18. The van der Waals surface area contributed by atoms with Crippen LogP contribution >= 0.6 is 0 Å². The summed E-state index contributed by atoms with van der Waals surface area (Å²) in [7, 11) is 0. The minimum Gasteiger partial charge on any atom is -0.478 e. The molecular formula is C16H22N6O. The van der Waals surface area contributed by atoms with Crippen LogP contribution < -0.4 is 9.64 Å². The fourth-order valence-corrected chi connectivity index (χ4v) is 3.30. The van der Waals surface area contributed by atoms with Gasteiger partial charge in [-0.15, -0.1) is 10.2 Å². The van der Waals surface area contributed by atoms with Gasteiger partial charge >= 0.3 is 0 Å². The lowest BCUT2D eigenvalue weighted by Crippen LogP contribution is -2.36. The minimum atomic E-state index is 0.414. The zero-order valence-corrected chi connectivity index (χ0v) is 13.4. The molecule has 2 fully saturated rings. The van der Waals surface area contributed by atoms with E-state index in [1.54, 1.807) is 6.33 Å². The van der Waals surface area contributed by atoms with E-state index >= 15 is 0 Å². The highest BCUT2D eigenvalue weighted by atomic mass is 16.5. The van der Waals surface area contributed by atoms with Gasteiger partial charge in [0.15, 0.2) is 0 Å². The first-order chi connectivity index (χ1) is 11.3. The molecule has 0 spiro atoms. The van der Waals surface area contributed by atoms with Gasteiger partial charge < -0.3 is 14.2 Å². The van der Waals surface area contributed by atoms with Crippen molar-refractivity contribution in [1.29, 1.82) is 0 Å². The molecule has 0 N–H and O–H groups in total. The quantitative estimate of drug-likeness (QED) is 0.842. The molecule has 0 radical (unpaired) electrons. The molecule has 0 unspecified atom stereocenters. The van der Waals surface area contributed by atoms with Crippen LogP contribution in [0.5, 0.6) is 5.88 Å². The highest BCUT2D eigenvalue weighted by Gasteiger charge is 2.31. The lowest BCUT2D eigenvalue weighted by molar-refractivity contribution is 0.326. The Labute approximate surface area is 135 Å². The zero-order valence-electron chi connectivity index (χ0n) is 13.4. The SMILES string of the molecule is CCOc1cc(N2CCC[C@H](c3nncn3C3CC3)C2)ncn1. The third-order valence-corrected chi connectivity index (χ3v) is 4.57. The molecule has 1 aliphatic heterocycles. The van der Waals surface area contributed by atoms with Crippen molar-refractivity contribution in [2.24, 2.45) is 0 Å². The van der Waals surface area contributed by atoms with Gasteiger partial charge in [0, 0.05) is 31.1 Å². The Morgan fingerprint density at radius 1 is 1.26 bits per heavy atom. The highest BCUT2D eigenvalue weighted by Crippen LogP contribution is 2.38. The van der Waals surface area contributed by atoms with Crippen LogP contribution in [0.4, 0.5) is 5.82 Å². The van der Waals surface area contributed by atoms with Crippen LogP contribution in [0, 0.1) is 0 Å². The average Bonchev–Trinajstić information content (AvgIpc) is 3.32. The Bertz CT molecular complexity index is 668. The van der Waals surface area contributed by atoms with Crippen LogP contribution in [-0.2, 0) is 0 Å². The molecule has 122 valence electrons. The standard InChI is InChI=1S/C16H22N6O/c1-2-23-15-8-14(17-10-18-15)21-7-3-4-12(9-21)16-20-19-11-22(16)13-5-6-13/h8,10-13H,2-7,9H2,1H3/t12-/m0/s1. The van der Waals surface area contributed by atoms with Crippen LogP contribution in [0.15, 0.2) is 18.7 Å². The van der Waals surface area contributed by atoms with Gasteiger partial charge in [-0.1, -0.05) is 0 Å². The first kappa shape index (κ1) is 14.4. The maximum absolute atomic E-state index is 5.49. The molecule has 23 heavy (non-hydrogen) atoms. The van der Waals surface area contributed by atoms with Gasteiger partial charge in [-0.25, -0.2) is 9.97 Å². The summed E-state index contributed by atoms with van der Waals surface area (Å²) in [6, 6.07) is 2.55. The molecule has 0 aromatic carbocycles. The summed E-state index contributed by atoms with van der Waals surface area (Å²) in [5.74, 6) is 3.13. The van der Waals surface area contributed by atoms with Crippen LogP contribution in [-0.4, -0.2) is 44.4 Å². The van der Waals surface area contributed by atoms with E-state index < -0.39 is 0 Å². The number of piperidine rings is 1. The first-order valence-corrected chi connectivity index (χ1v) is 8.44. The summed E-state index contributed by atoms with van der Waals surface area (Å²) in [5.41, 5.74) is 0. The van der Waals surface area contributed by atoms with Crippen LogP contribution in [0.25, 0.3) is 0 Å². The molecule has 1 saturated heterocycles. The summed E-state index contributed by atoms with van der Waals surface area (Å²) in [5, 5.41) is 8.55. The number of ether oxygens (including phenoxy) is 1. The van der Waals surface area contributed by atoms with Crippen molar-refractivity contribution in [1.82, 2.24) is 24.7 Å². The minimum absolute atomic E-state index is 0.414. The predicted octanol–water partition coefficient (Wildman–Crippen LogP) is 2.19. The Balaban J connectivity index is 1.52. The number of aromatic nitrogens is 5. The lowest BCUT2D eigenvalue weighted by Gasteiger charge is -2.33. The summed E-state index contributed by atoms with van der Waals surface area (Å²) in [6.45, 7) is 4.51. The van der Waals surface area contributed by atoms with Gasteiger partial charge in [0.2, 0.25) is 5.88 Å². The van der Waals surface area contributed by atoms with Crippen molar-refractivity contribution in [3.05, 3.63) is 24.5 Å². The molecule has 2 aromatic heterocycles. The lowest BCUT2D eigenvalue weighted by atomic mass is 9.97. The van der Waals surface area contributed by atoms with E-state index in [1.165, 1.54) is 12.8 Å². The van der Waals surface area contributed by atoms with Crippen molar-refractivity contribution in [2.45, 2.75) is 44.6 Å². The van der Waals surface area contributed by atoms with Crippen LogP contribution in [0.3, 0.4) is 0 Å². The maximum Gasteiger partial charge on any atom is 0.218 e. The van der Waals surface area contributed by atoms with E-state index in [0.29, 0.717) is 24.4 Å². The Kier molecular flexibility index (Phi) is 3.85. The van der Waals surface area contributed by atoms with Crippen molar-refractivity contribution in [3.63, 3.8) is 0 Å². The molecule has 7 nitrogen and oxygen atoms in total. The van der Waals surface area contributed by atoms with Crippen molar-refractivity contribution in [3.8, 4) is 5.88 Å². The topological polar surface area (TPSA) is 69.0 Å². The fourth-order valence-electron chi connectivity index (χ4n) is 3.30. The molecule has 1 saturated carbocycles. The summed E-state index contributed by atoms with van der Waals surface area (Å²) in [4.78, 5) is 10.9. The molecule has 0 bridgehead atoms. The largest absolute Gasteiger partial charge is 0.478 e. The van der Waals surface area contributed by atoms with Gasteiger partial charge in [0.05, 0.1) is 6.61 Å². The monoisotopic (exact) mass is 314 g/mol. The molecule has 3 heterocycles. The van der Waals surface area contributed by atoms with Crippen molar-refractivity contribution >= 4 is 5.82 Å². The number of rotatable bonds is 5. The van der Waals surface area contributed by atoms with Gasteiger partial charge in [0.1, 0.15) is 24.3 Å². The molecular weight excluding hydrogens is 292 g/mol. The number of nitrogens with zero attached hydrogens (tertiary/aromatic N) is 6. The maximum atomic E-state index is 5.49. The van der Waals surface area contributed by atoms with Crippen molar-refractivity contribution in [2.75, 3.05) is 24.6 Å². The molecule has 7 heteroatoms. The Morgan fingerprint density at radius 2 is 2.17 bits per heavy atom. The first-order valence-electron chi connectivity index (χ1n) is 8.44. The molecule has 2 aliphatic rings. The molecule has 1 aliphatic carbocycles. The number of hydrogen-bond acceptors (Lipinski definition) is 6. The highest BCUT2D eigenvalue weighted by molar-refractivity contribution is 5.41. The smallest absolute Gasteiger partial charge is 0.218 e. The third kappa shape index (κ3) is 3.00. The van der Waals surface area contributed by atoms with Gasteiger partial charge in [-0.2, -0.15) is 0 Å². The third-order valence-electron chi connectivity index (χ3n) is 4.57. The van der Waals surface area contributed by atoms with E-state index in [4.69, 9.17) is 4.74 Å². The normalized spacial score (nSPS) is 21.4. The van der Waals surface area contributed by atoms with Gasteiger partial charge in [-0.05, 0) is 32.6 Å². The van der Waals surface area contributed by atoms with Crippen molar-refractivity contribution < 1.29 is 4.74 Å². The van der Waals surface area contributed by atoms with Gasteiger partial charge in [-0.3, -0.25) is 0 Å². The zero-order chi connectivity index (χ0) is 15.6. The molecule has 0 amide bonds. The van der Waals surface area contributed by atoms with E-state index in [0.717, 1.165) is 37.6 Å². The van der Waals surface area contributed by atoms with Crippen LogP contribution in [0.1, 0.15) is 50.4 Å². The van der Waals surface area contributed by atoms with E-state index in [1.807, 2.05) is 19.3 Å². The average molecular weight is 314 g/mol. The molecule has 4 rings (SSSR count). The second kappa shape index (κ2) is 6.14. The van der Waals surface area contributed by atoms with Gasteiger partial charge in [0.25, 0.3) is 0 Å². The molecule has 1 atom stereocenters. The van der Waals surface area contributed by atoms with E-state index in [2.05, 4.69) is 29.6 Å². The summed E-state index contributed by atoms with van der Waals surface area (Å²) in [6.07, 6.45) is 8.28. The number of anilines is 1.